The van der Waals surface area contributed by atoms with Gasteiger partial charge in [-0.05, 0) is 50.0 Å². The highest BCUT2D eigenvalue weighted by molar-refractivity contribution is 5.79. The Bertz CT molecular complexity index is 688. The Morgan fingerprint density at radius 3 is 2.68 bits per heavy atom. The standard InChI is InChI=1S/C26H39NO4/c1-21(11-10-14-22-12-6-5-7-13-22)24(28)18-16-23-17-19-25(29)27(23)20-9-4-3-8-15-26(30)31-2/h5-7,12-13,16,18,21,23-24,28H,3-4,8-11,14-15,17,19-20H2,1-2H3/t21-,23-,24+/m0/s1. The van der Waals surface area contributed by atoms with Gasteiger partial charge in [0.2, 0.25) is 5.91 Å². The fourth-order valence-electron chi connectivity index (χ4n) is 4.13. The number of aliphatic hydroxyl groups excluding tert-OH is 1. The second-order valence-corrected chi connectivity index (χ2v) is 8.66. The van der Waals surface area contributed by atoms with Crippen LogP contribution < -0.4 is 0 Å². The van der Waals surface area contributed by atoms with Crippen molar-refractivity contribution >= 4 is 11.9 Å². The fourth-order valence-corrected chi connectivity index (χ4v) is 4.13. The molecule has 0 bridgehead atoms. The third-order valence-electron chi connectivity index (χ3n) is 6.21. The van der Waals surface area contributed by atoms with Crippen LogP contribution in [0.5, 0.6) is 0 Å². The Kier molecular flexibility index (Phi) is 11.4. The van der Waals surface area contributed by atoms with Crippen LogP contribution in [0.2, 0.25) is 0 Å². The van der Waals surface area contributed by atoms with Gasteiger partial charge in [-0.25, -0.2) is 0 Å². The molecule has 0 spiro atoms. The molecule has 2 rings (SSSR count). The minimum absolute atomic E-state index is 0.0914. The Hall–Kier alpha value is -2.14. The molecule has 1 aliphatic rings. The molecule has 0 radical (unpaired) electrons. The van der Waals surface area contributed by atoms with Crippen molar-refractivity contribution in [2.75, 3.05) is 13.7 Å². The summed E-state index contributed by atoms with van der Waals surface area (Å²) in [5.74, 6) is 0.239. The normalized spacial score (nSPS) is 18.5. The van der Waals surface area contributed by atoms with Crippen LogP contribution in [0.25, 0.3) is 0 Å². The summed E-state index contributed by atoms with van der Waals surface area (Å²) in [6.45, 7) is 2.83. The lowest BCUT2D eigenvalue weighted by molar-refractivity contribution is -0.140. The molecule has 1 heterocycles. The summed E-state index contributed by atoms with van der Waals surface area (Å²) in [4.78, 5) is 25.3. The lowest BCUT2D eigenvalue weighted by Gasteiger charge is -2.23. The number of amides is 1. The zero-order valence-electron chi connectivity index (χ0n) is 19.2. The van der Waals surface area contributed by atoms with Gasteiger partial charge in [0.15, 0.2) is 0 Å². The second-order valence-electron chi connectivity index (χ2n) is 8.66. The van der Waals surface area contributed by atoms with Crippen LogP contribution in [0.1, 0.15) is 70.3 Å². The molecule has 1 N–H and O–H groups in total. The Balaban J connectivity index is 1.68. The Morgan fingerprint density at radius 2 is 1.94 bits per heavy atom. The van der Waals surface area contributed by atoms with Gasteiger partial charge in [-0.3, -0.25) is 9.59 Å². The van der Waals surface area contributed by atoms with Gasteiger partial charge >= 0.3 is 5.97 Å². The summed E-state index contributed by atoms with van der Waals surface area (Å²) >= 11 is 0. The lowest BCUT2D eigenvalue weighted by Crippen LogP contribution is -2.33. The van der Waals surface area contributed by atoms with Crippen molar-refractivity contribution < 1.29 is 19.4 Å². The maximum atomic E-state index is 12.3. The van der Waals surface area contributed by atoms with Gasteiger partial charge < -0.3 is 14.7 Å². The number of hydrogen-bond acceptors (Lipinski definition) is 4. The summed E-state index contributed by atoms with van der Waals surface area (Å²) in [6.07, 6.45) is 12.1. The minimum atomic E-state index is -0.480. The molecule has 0 saturated carbocycles. The number of benzene rings is 1. The van der Waals surface area contributed by atoms with E-state index in [2.05, 4.69) is 35.9 Å². The Labute approximate surface area is 187 Å². The number of carbonyl (C=O) groups is 2. The van der Waals surface area contributed by atoms with Crippen molar-refractivity contribution in [2.24, 2.45) is 5.92 Å². The van der Waals surface area contributed by atoms with Crippen LogP contribution in [-0.4, -0.2) is 47.7 Å². The first-order valence-electron chi connectivity index (χ1n) is 11.8. The predicted molar refractivity (Wildman–Crippen MR) is 124 cm³/mol. The third kappa shape index (κ3) is 9.26. The number of likely N-dealkylation sites (tertiary alicyclic amines) is 1. The van der Waals surface area contributed by atoms with Gasteiger partial charge in [0.1, 0.15) is 0 Å². The van der Waals surface area contributed by atoms with Crippen molar-refractivity contribution in [1.82, 2.24) is 4.90 Å². The van der Waals surface area contributed by atoms with Crippen LogP contribution in [0, 0.1) is 5.92 Å². The smallest absolute Gasteiger partial charge is 0.305 e. The number of carbonyl (C=O) groups excluding carboxylic acids is 2. The first kappa shape index (κ1) is 25.1. The van der Waals surface area contributed by atoms with Crippen LogP contribution in [-0.2, 0) is 20.7 Å². The molecule has 5 nitrogen and oxygen atoms in total. The van der Waals surface area contributed by atoms with E-state index >= 15 is 0 Å². The van der Waals surface area contributed by atoms with Crippen LogP contribution in [0.3, 0.4) is 0 Å². The molecule has 5 heteroatoms. The number of hydrogen-bond donors (Lipinski definition) is 1. The molecule has 1 aliphatic heterocycles. The van der Waals surface area contributed by atoms with E-state index in [9.17, 15) is 14.7 Å². The number of rotatable bonds is 14. The molecule has 1 aromatic carbocycles. The molecule has 172 valence electrons. The molecular formula is C26H39NO4. The highest BCUT2D eigenvalue weighted by Gasteiger charge is 2.28. The number of aryl methyl sites for hydroxylation is 1. The van der Waals surface area contributed by atoms with E-state index in [1.54, 1.807) is 0 Å². The third-order valence-corrected chi connectivity index (χ3v) is 6.21. The number of nitrogens with zero attached hydrogens (tertiary/aromatic N) is 1. The fraction of sp³-hybridized carbons (Fsp3) is 0.615. The van der Waals surface area contributed by atoms with Gasteiger partial charge in [0.25, 0.3) is 0 Å². The van der Waals surface area contributed by atoms with Gasteiger partial charge in [-0.15, -0.1) is 0 Å². The highest BCUT2D eigenvalue weighted by Crippen LogP contribution is 2.22. The molecule has 0 unspecified atom stereocenters. The average molecular weight is 430 g/mol. The number of aliphatic hydroxyl groups is 1. The molecule has 1 fully saturated rings. The molecule has 3 atom stereocenters. The van der Waals surface area contributed by atoms with Gasteiger partial charge in [-0.2, -0.15) is 0 Å². The number of esters is 1. The average Bonchev–Trinajstić information content (AvgIpc) is 3.14. The van der Waals surface area contributed by atoms with Crippen molar-refractivity contribution in [3.63, 3.8) is 0 Å². The molecule has 0 aliphatic carbocycles. The van der Waals surface area contributed by atoms with E-state index in [0.29, 0.717) is 12.8 Å². The van der Waals surface area contributed by atoms with Crippen LogP contribution >= 0.6 is 0 Å². The van der Waals surface area contributed by atoms with E-state index < -0.39 is 6.10 Å². The van der Waals surface area contributed by atoms with Crippen molar-refractivity contribution in [2.45, 2.75) is 83.3 Å². The number of methoxy groups -OCH3 is 1. The summed E-state index contributed by atoms with van der Waals surface area (Å²) in [6, 6.07) is 10.5. The highest BCUT2D eigenvalue weighted by atomic mass is 16.5. The van der Waals surface area contributed by atoms with Crippen molar-refractivity contribution in [3.05, 3.63) is 48.0 Å². The Morgan fingerprint density at radius 1 is 1.19 bits per heavy atom. The zero-order valence-corrected chi connectivity index (χ0v) is 19.2. The molecule has 1 amide bonds. The number of ether oxygens (including phenoxy) is 1. The summed E-state index contributed by atoms with van der Waals surface area (Å²) in [7, 11) is 1.41. The van der Waals surface area contributed by atoms with Gasteiger partial charge in [-0.1, -0.05) is 62.2 Å². The molecule has 31 heavy (non-hydrogen) atoms. The number of unbranched alkanes of at least 4 members (excludes halogenated alkanes) is 3. The van der Waals surface area contributed by atoms with Crippen molar-refractivity contribution in [3.8, 4) is 0 Å². The molecule has 1 aromatic rings. The SMILES string of the molecule is COC(=O)CCCCCCN1C(=O)CC[C@@H]1C=C[C@@H](O)[C@@H](C)CCCc1ccccc1. The van der Waals surface area contributed by atoms with Gasteiger partial charge in [0.05, 0.1) is 19.3 Å². The monoisotopic (exact) mass is 429 g/mol. The lowest BCUT2D eigenvalue weighted by atomic mass is 9.95. The summed E-state index contributed by atoms with van der Waals surface area (Å²) in [5.41, 5.74) is 1.34. The van der Waals surface area contributed by atoms with Crippen molar-refractivity contribution in [1.29, 1.82) is 0 Å². The minimum Gasteiger partial charge on any atom is -0.469 e. The largest absolute Gasteiger partial charge is 0.469 e. The quantitative estimate of drug-likeness (QED) is 0.265. The molecular weight excluding hydrogens is 390 g/mol. The van der Waals surface area contributed by atoms with Gasteiger partial charge in [0, 0.05) is 19.4 Å². The van der Waals surface area contributed by atoms with E-state index in [4.69, 9.17) is 0 Å². The maximum Gasteiger partial charge on any atom is 0.305 e. The van der Waals surface area contributed by atoms with E-state index in [0.717, 1.165) is 57.9 Å². The zero-order chi connectivity index (χ0) is 22.5. The predicted octanol–water partition coefficient (Wildman–Crippen LogP) is 4.68. The first-order chi connectivity index (χ1) is 15.0. The summed E-state index contributed by atoms with van der Waals surface area (Å²) < 4.78 is 4.65. The topological polar surface area (TPSA) is 66.8 Å². The molecule has 0 aromatic heterocycles. The van der Waals surface area contributed by atoms with E-state index in [1.807, 2.05) is 23.1 Å². The van der Waals surface area contributed by atoms with E-state index in [-0.39, 0.29) is 23.8 Å². The van der Waals surface area contributed by atoms with E-state index in [1.165, 1.54) is 12.7 Å². The second kappa shape index (κ2) is 14.0. The van der Waals surface area contributed by atoms with Crippen LogP contribution in [0.4, 0.5) is 0 Å². The summed E-state index contributed by atoms with van der Waals surface area (Å²) in [5, 5.41) is 10.5. The molecule has 1 saturated heterocycles. The maximum absolute atomic E-state index is 12.3. The van der Waals surface area contributed by atoms with Crippen LogP contribution in [0.15, 0.2) is 42.5 Å². The first-order valence-corrected chi connectivity index (χ1v) is 11.8.